The second kappa shape index (κ2) is 10.6. The van der Waals surface area contributed by atoms with Gasteiger partial charge in [-0.2, -0.15) is 52.3 Å². The van der Waals surface area contributed by atoms with Gasteiger partial charge in [-0.25, -0.2) is 9.59 Å². The van der Waals surface area contributed by atoms with Crippen molar-refractivity contribution < 1.29 is 80.7 Å². The highest BCUT2D eigenvalue weighted by Crippen LogP contribution is 2.42. The molecule has 0 aliphatic carbocycles. The Bertz CT molecular complexity index is 865. The highest BCUT2D eigenvalue weighted by Gasteiger charge is 2.69. The lowest BCUT2D eigenvalue weighted by Gasteiger charge is -2.32. The van der Waals surface area contributed by atoms with Crippen LogP contribution in [-0.2, 0) is 33.9 Å². The van der Waals surface area contributed by atoms with Crippen LogP contribution >= 0.6 is 0 Å². The van der Waals surface area contributed by atoms with Crippen molar-refractivity contribution in [3.8, 4) is 0 Å². The molecular formula is C15H16F10O8S. The third kappa shape index (κ3) is 7.17. The predicted octanol–water partition coefficient (Wildman–Crippen LogP) is 3.77. The molecule has 0 saturated carbocycles. The molecule has 1 N–H and O–H groups in total. The maximum atomic E-state index is 13.6. The molecule has 0 radical (unpaired) electrons. The van der Waals surface area contributed by atoms with Gasteiger partial charge in [0.2, 0.25) is 0 Å². The summed E-state index contributed by atoms with van der Waals surface area (Å²) in [6.07, 6.45) is -15.9. The van der Waals surface area contributed by atoms with E-state index in [0.717, 1.165) is 0 Å². The Balaban J connectivity index is 5.95. The lowest BCUT2D eigenvalue weighted by Crippen LogP contribution is -2.58. The van der Waals surface area contributed by atoms with E-state index in [4.69, 9.17) is 4.55 Å². The van der Waals surface area contributed by atoms with Crippen LogP contribution in [0.1, 0.15) is 26.2 Å². The minimum atomic E-state index is -6.68. The maximum absolute atomic E-state index is 13.6. The van der Waals surface area contributed by atoms with E-state index in [1.807, 2.05) is 0 Å². The molecule has 0 aromatic heterocycles. The summed E-state index contributed by atoms with van der Waals surface area (Å²) >= 11 is 0. The van der Waals surface area contributed by atoms with Crippen LogP contribution in [0, 0.1) is 0 Å². The number of esters is 2. The summed E-state index contributed by atoms with van der Waals surface area (Å²) in [5, 5.41) is -6.09. The maximum Gasteiger partial charge on any atom is 0.468 e. The monoisotopic (exact) mass is 546 g/mol. The molecule has 0 fully saturated rings. The van der Waals surface area contributed by atoms with E-state index in [1.54, 1.807) is 0 Å². The predicted molar refractivity (Wildman–Crippen MR) is 88.0 cm³/mol. The second-order valence-corrected chi connectivity index (χ2v) is 7.73. The Morgan fingerprint density at radius 2 is 1.44 bits per heavy atom. The van der Waals surface area contributed by atoms with Crippen molar-refractivity contribution >= 4 is 22.1 Å². The van der Waals surface area contributed by atoms with Gasteiger partial charge in [-0.05, 0) is 12.8 Å². The van der Waals surface area contributed by atoms with Crippen molar-refractivity contribution in [3.05, 3.63) is 12.2 Å². The number of hydrogen-bond acceptors (Lipinski definition) is 7. The highest BCUT2D eigenvalue weighted by atomic mass is 32.2. The summed E-state index contributed by atoms with van der Waals surface area (Å²) in [6.45, 7) is 0.778. The van der Waals surface area contributed by atoms with E-state index in [1.165, 1.54) is 6.92 Å². The van der Waals surface area contributed by atoms with E-state index < -0.39 is 83.0 Å². The van der Waals surface area contributed by atoms with Crippen molar-refractivity contribution in [2.45, 2.75) is 55.5 Å². The minimum absolute atomic E-state index is 0.153. The molecule has 0 aromatic rings. The average molecular weight is 546 g/mol. The fourth-order valence-electron chi connectivity index (χ4n) is 1.83. The van der Waals surface area contributed by atoms with Gasteiger partial charge in [-0.1, -0.05) is 13.5 Å². The number of hydrogen-bond donors (Lipinski definition) is 1. The average Bonchev–Trinajstić information content (AvgIpc) is 2.64. The van der Waals surface area contributed by atoms with Gasteiger partial charge >= 0.3 is 51.4 Å². The van der Waals surface area contributed by atoms with E-state index >= 15 is 0 Å². The lowest BCUT2D eigenvalue weighted by molar-refractivity contribution is -0.355. The van der Waals surface area contributed by atoms with Crippen LogP contribution in [0.4, 0.5) is 43.9 Å². The van der Waals surface area contributed by atoms with Crippen molar-refractivity contribution in [2.75, 3.05) is 13.2 Å². The normalized spacial score (nSPS) is 15.4. The molecule has 0 aliphatic rings. The summed E-state index contributed by atoms with van der Waals surface area (Å²) in [6, 6.07) is 0. The third-order valence-electron chi connectivity index (χ3n) is 3.59. The van der Waals surface area contributed by atoms with Crippen LogP contribution < -0.4 is 0 Å². The molecule has 200 valence electrons. The van der Waals surface area contributed by atoms with Crippen LogP contribution in [0.25, 0.3) is 0 Å². The molecule has 0 amide bonds. The van der Waals surface area contributed by atoms with Crippen LogP contribution in [0.5, 0.6) is 0 Å². The molecule has 0 heterocycles. The summed E-state index contributed by atoms with van der Waals surface area (Å²) in [5.74, 6) is -16.1. The Labute approximate surface area is 184 Å². The minimum Gasteiger partial charge on any atom is -0.461 e. The van der Waals surface area contributed by atoms with Crippen LogP contribution in [0.3, 0.4) is 0 Å². The van der Waals surface area contributed by atoms with Gasteiger partial charge in [0.05, 0.1) is 13.2 Å². The van der Waals surface area contributed by atoms with Gasteiger partial charge in [0.25, 0.3) is 0 Å². The summed E-state index contributed by atoms with van der Waals surface area (Å²) < 4.78 is 172. The Kier molecular flexibility index (Phi) is 9.96. The summed E-state index contributed by atoms with van der Waals surface area (Å²) in [7, 11) is -6.68. The fourth-order valence-corrected chi connectivity index (χ4v) is 2.31. The first kappa shape index (κ1) is 31.9. The number of alkyl halides is 10. The number of ether oxygens (including phenoxy) is 3. The number of carbonyl (C=O) groups excluding carboxylic acids is 2. The number of carbonyl (C=O) groups is 2. The number of rotatable bonds is 12. The second-order valence-electron chi connectivity index (χ2n) is 6.26. The fraction of sp³-hybridized carbons (Fsp3) is 0.733. The first-order valence-corrected chi connectivity index (χ1v) is 10.0. The van der Waals surface area contributed by atoms with E-state index in [9.17, 15) is 61.9 Å². The molecule has 1 unspecified atom stereocenters. The standard InChI is InChI=1S/C15H16F10O8S/c1-3-6-31-10(27)12(14(21,22)23,33-9(26)8(2)13(18,19)20)32-7-4-5-11(16,17)15(24,25)34(28,29)30/h2-7H2,1H3,(H,28,29,30). The summed E-state index contributed by atoms with van der Waals surface area (Å²) in [4.78, 5) is 23.4. The first-order chi connectivity index (χ1) is 15.0. The van der Waals surface area contributed by atoms with E-state index in [2.05, 4.69) is 20.8 Å². The van der Waals surface area contributed by atoms with Gasteiger partial charge in [-0.3, -0.25) is 4.55 Å². The molecule has 0 saturated heterocycles. The first-order valence-electron chi connectivity index (χ1n) is 8.58. The van der Waals surface area contributed by atoms with Gasteiger partial charge in [0.15, 0.2) is 0 Å². The quantitative estimate of drug-likeness (QED) is 0.0983. The molecular weight excluding hydrogens is 530 g/mol. The van der Waals surface area contributed by atoms with Crippen molar-refractivity contribution in [1.29, 1.82) is 0 Å². The van der Waals surface area contributed by atoms with Crippen LogP contribution in [-0.4, -0.2) is 67.4 Å². The molecule has 1 atom stereocenters. The van der Waals surface area contributed by atoms with Gasteiger partial charge in [-0.15, -0.1) is 0 Å². The largest absolute Gasteiger partial charge is 0.468 e. The zero-order valence-corrected chi connectivity index (χ0v) is 17.6. The Morgan fingerprint density at radius 3 is 1.82 bits per heavy atom. The third-order valence-corrected chi connectivity index (χ3v) is 4.54. The SMILES string of the molecule is C=C(C(=O)OC(OCCCC(F)(F)C(F)(F)S(=O)(=O)O)(C(=O)OCCC)C(F)(F)F)C(F)(F)F. The molecule has 19 heteroatoms. The van der Waals surface area contributed by atoms with Crippen molar-refractivity contribution in [1.82, 2.24) is 0 Å². The molecule has 0 spiro atoms. The Hall–Kier alpha value is -2.15. The topological polar surface area (TPSA) is 116 Å². The molecule has 0 aliphatic heterocycles. The summed E-state index contributed by atoms with van der Waals surface area (Å²) in [5.41, 5.74) is -2.53. The van der Waals surface area contributed by atoms with E-state index in [0.29, 0.717) is 0 Å². The van der Waals surface area contributed by atoms with Crippen molar-refractivity contribution in [3.63, 3.8) is 0 Å². The zero-order valence-electron chi connectivity index (χ0n) is 16.7. The zero-order chi connectivity index (χ0) is 27.4. The molecule has 8 nitrogen and oxygen atoms in total. The Morgan fingerprint density at radius 1 is 0.941 bits per heavy atom. The smallest absolute Gasteiger partial charge is 0.461 e. The molecule has 0 bridgehead atoms. The number of halogens is 10. The van der Waals surface area contributed by atoms with Gasteiger partial charge in [0.1, 0.15) is 5.57 Å². The van der Waals surface area contributed by atoms with Gasteiger partial charge < -0.3 is 14.2 Å². The highest BCUT2D eigenvalue weighted by molar-refractivity contribution is 7.87. The molecule has 0 rings (SSSR count). The van der Waals surface area contributed by atoms with Crippen LogP contribution in [0.15, 0.2) is 12.2 Å². The molecule has 34 heavy (non-hydrogen) atoms. The molecule has 0 aromatic carbocycles. The van der Waals surface area contributed by atoms with Gasteiger partial charge in [0, 0.05) is 6.42 Å². The van der Waals surface area contributed by atoms with Crippen LogP contribution in [0.2, 0.25) is 0 Å². The van der Waals surface area contributed by atoms with Crippen molar-refractivity contribution in [2.24, 2.45) is 0 Å². The lowest BCUT2D eigenvalue weighted by atomic mass is 10.2. The van der Waals surface area contributed by atoms with E-state index in [-0.39, 0.29) is 6.42 Å².